The maximum atomic E-state index is 11.8. The molecule has 0 radical (unpaired) electrons. The van der Waals surface area contributed by atoms with Gasteiger partial charge in [-0.1, -0.05) is 0 Å². The summed E-state index contributed by atoms with van der Waals surface area (Å²) in [5.74, 6) is -1.08. The molecule has 5 N–H and O–H groups in total. The number of methoxy groups -OCH3 is 1. The van der Waals surface area contributed by atoms with Gasteiger partial charge in [0, 0.05) is 5.56 Å². The Labute approximate surface area is 108 Å². The Morgan fingerprint density at radius 1 is 1.50 bits per heavy atom. The van der Waals surface area contributed by atoms with E-state index in [-0.39, 0.29) is 27.7 Å². The molecule has 8 heteroatoms. The summed E-state index contributed by atoms with van der Waals surface area (Å²) in [5, 5.41) is 9.40. The van der Waals surface area contributed by atoms with E-state index in [1.54, 1.807) is 0 Å². The van der Waals surface area contributed by atoms with Gasteiger partial charge < -0.3 is 15.6 Å². The molecular formula is C10H11N3O4S. The van der Waals surface area contributed by atoms with Crippen LogP contribution in [0, 0.1) is 0 Å². The van der Waals surface area contributed by atoms with Crippen LogP contribution in [0.4, 0.5) is 0 Å². The summed E-state index contributed by atoms with van der Waals surface area (Å²) >= 11 is 4.51. The fourth-order valence-corrected chi connectivity index (χ4v) is 1.36. The van der Waals surface area contributed by atoms with E-state index < -0.39 is 5.91 Å². The van der Waals surface area contributed by atoms with Crippen LogP contribution in [0.25, 0.3) is 0 Å². The summed E-state index contributed by atoms with van der Waals surface area (Å²) in [6.07, 6.45) is 0.470. The van der Waals surface area contributed by atoms with E-state index in [1.165, 1.54) is 19.2 Å². The minimum Gasteiger partial charge on any atom is -0.504 e. The lowest BCUT2D eigenvalue weighted by Gasteiger charge is -2.12. The average Bonchev–Trinajstić information content (AvgIpc) is 2.35. The molecule has 0 atom stereocenters. The van der Waals surface area contributed by atoms with Crippen LogP contribution in [0.1, 0.15) is 20.7 Å². The van der Waals surface area contributed by atoms with Crippen molar-refractivity contribution in [3.8, 4) is 11.5 Å². The molecule has 0 heterocycles. The molecule has 1 amide bonds. The van der Waals surface area contributed by atoms with E-state index in [1.807, 2.05) is 0 Å². The first-order valence-electron chi connectivity index (χ1n) is 4.72. The summed E-state index contributed by atoms with van der Waals surface area (Å²) in [6, 6.07) is 2.54. The molecule has 0 aliphatic heterocycles. The van der Waals surface area contributed by atoms with Gasteiger partial charge in [0.2, 0.25) is 0 Å². The number of phenols is 1. The Balaban J connectivity index is 3.19. The van der Waals surface area contributed by atoms with E-state index in [9.17, 15) is 14.7 Å². The number of amides is 1. The van der Waals surface area contributed by atoms with Gasteiger partial charge in [-0.25, -0.2) is 0 Å². The molecule has 1 aromatic rings. The van der Waals surface area contributed by atoms with Gasteiger partial charge in [0.05, 0.1) is 12.7 Å². The van der Waals surface area contributed by atoms with Gasteiger partial charge in [0.15, 0.2) is 22.9 Å². The number of aromatic hydroxyl groups is 1. The third kappa shape index (κ3) is 2.86. The fourth-order valence-electron chi connectivity index (χ4n) is 1.31. The summed E-state index contributed by atoms with van der Waals surface area (Å²) in [6.45, 7) is 0. The molecule has 96 valence electrons. The topological polar surface area (TPSA) is 114 Å². The van der Waals surface area contributed by atoms with Crippen molar-refractivity contribution in [2.75, 3.05) is 7.11 Å². The number of hydrogen-bond acceptors (Lipinski definition) is 5. The van der Waals surface area contributed by atoms with Crippen LogP contribution < -0.4 is 21.3 Å². The number of nitrogens with one attached hydrogen (secondary N) is 2. The van der Waals surface area contributed by atoms with E-state index in [0.29, 0.717) is 6.29 Å². The highest BCUT2D eigenvalue weighted by atomic mass is 32.1. The third-order valence-electron chi connectivity index (χ3n) is 2.03. The van der Waals surface area contributed by atoms with Crippen molar-refractivity contribution in [2.45, 2.75) is 0 Å². The van der Waals surface area contributed by atoms with Crippen LogP contribution in [0.5, 0.6) is 11.5 Å². The lowest BCUT2D eigenvalue weighted by molar-refractivity contribution is 0.0934. The van der Waals surface area contributed by atoms with Gasteiger partial charge in [-0.15, -0.1) is 0 Å². The van der Waals surface area contributed by atoms with Crippen molar-refractivity contribution in [1.29, 1.82) is 0 Å². The Morgan fingerprint density at radius 3 is 2.67 bits per heavy atom. The van der Waals surface area contributed by atoms with Gasteiger partial charge in [-0.3, -0.25) is 20.4 Å². The zero-order chi connectivity index (χ0) is 13.7. The number of ether oxygens (including phenoxy) is 1. The van der Waals surface area contributed by atoms with Crippen molar-refractivity contribution in [2.24, 2.45) is 5.73 Å². The molecule has 0 bridgehead atoms. The quantitative estimate of drug-likeness (QED) is 0.338. The summed E-state index contributed by atoms with van der Waals surface area (Å²) < 4.78 is 4.88. The molecule has 1 aromatic carbocycles. The largest absolute Gasteiger partial charge is 0.504 e. The second-order valence-electron chi connectivity index (χ2n) is 3.14. The van der Waals surface area contributed by atoms with Gasteiger partial charge in [-0.05, 0) is 24.4 Å². The van der Waals surface area contributed by atoms with Gasteiger partial charge >= 0.3 is 0 Å². The molecule has 18 heavy (non-hydrogen) atoms. The van der Waals surface area contributed by atoms with Gasteiger partial charge in [-0.2, -0.15) is 0 Å². The Hall–Kier alpha value is -2.35. The first kappa shape index (κ1) is 13.7. The number of aldehydes is 1. The molecule has 1 rings (SSSR count). The van der Waals surface area contributed by atoms with Crippen LogP contribution >= 0.6 is 12.2 Å². The Bertz CT molecular complexity index is 504. The van der Waals surface area contributed by atoms with Crippen LogP contribution in [0.15, 0.2) is 12.1 Å². The number of carbonyl (C=O) groups excluding carboxylic acids is 2. The lowest BCUT2D eigenvalue weighted by atomic mass is 10.1. The van der Waals surface area contributed by atoms with E-state index >= 15 is 0 Å². The van der Waals surface area contributed by atoms with Gasteiger partial charge in [0.1, 0.15) is 0 Å². The highest BCUT2D eigenvalue weighted by molar-refractivity contribution is 7.80. The lowest BCUT2D eigenvalue weighted by Crippen LogP contribution is -2.44. The maximum Gasteiger partial charge on any atom is 0.274 e. The van der Waals surface area contributed by atoms with E-state index in [2.05, 4.69) is 23.1 Å². The smallest absolute Gasteiger partial charge is 0.274 e. The second kappa shape index (κ2) is 5.82. The first-order chi connectivity index (χ1) is 8.51. The third-order valence-corrected chi connectivity index (χ3v) is 2.13. The average molecular weight is 269 g/mol. The number of carbonyl (C=O) groups is 2. The standard InChI is InChI=1S/C10H11N3O4S/c1-17-8-6(15)3-2-5(4-14)7(8)9(16)12-13-10(11)18/h2-4,15H,1H3,(H,12,16)(H3,11,13,18). The fraction of sp³-hybridized carbons (Fsp3) is 0.100. The second-order valence-corrected chi connectivity index (χ2v) is 3.58. The minimum absolute atomic E-state index is 0.0619. The van der Waals surface area contributed by atoms with Crippen LogP contribution in [-0.4, -0.2) is 29.5 Å². The summed E-state index contributed by atoms with van der Waals surface area (Å²) in [4.78, 5) is 22.7. The zero-order valence-corrected chi connectivity index (χ0v) is 10.2. The monoisotopic (exact) mass is 269 g/mol. The van der Waals surface area contributed by atoms with Crippen LogP contribution in [0.2, 0.25) is 0 Å². The van der Waals surface area contributed by atoms with Gasteiger partial charge in [0.25, 0.3) is 5.91 Å². The van der Waals surface area contributed by atoms with Crippen molar-refractivity contribution in [1.82, 2.24) is 10.9 Å². The molecule has 0 aliphatic rings. The molecule has 0 aliphatic carbocycles. The van der Waals surface area contributed by atoms with Crippen molar-refractivity contribution in [3.05, 3.63) is 23.3 Å². The zero-order valence-electron chi connectivity index (χ0n) is 9.39. The number of nitrogens with two attached hydrogens (primary N) is 1. The van der Waals surface area contributed by atoms with Crippen molar-refractivity contribution >= 4 is 29.5 Å². The Kier molecular flexibility index (Phi) is 4.44. The molecule has 7 nitrogen and oxygen atoms in total. The molecule has 0 fully saturated rings. The van der Waals surface area contributed by atoms with Crippen molar-refractivity contribution < 1.29 is 19.4 Å². The van der Waals surface area contributed by atoms with Crippen LogP contribution in [0.3, 0.4) is 0 Å². The molecule has 0 aromatic heterocycles. The van der Waals surface area contributed by atoms with E-state index in [0.717, 1.165) is 0 Å². The van der Waals surface area contributed by atoms with E-state index in [4.69, 9.17) is 10.5 Å². The number of rotatable bonds is 3. The Morgan fingerprint density at radius 2 is 2.17 bits per heavy atom. The number of thiocarbonyl (C=S) groups is 1. The van der Waals surface area contributed by atoms with Crippen molar-refractivity contribution in [3.63, 3.8) is 0 Å². The SMILES string of the molecule is COc1c(O)ccc(C=O)c1C(=O)NNC(N)=S. The predicted octanol–water partition coefficient (Wildman–Crippen LogP) is -0.309. The maximum absolute atomic E-state index is 11.8. The molecule has 0 saturated carbocycles. The van der Waals surface area contributed by atoms with Crippen LogP contribution in [-0.2, 0) is 0 Å². The molecule has 0 saturated heterocycles. The first-order valence-corrected chi connectivity index (χ1v) is 5.13. The minimum atomic E-state index is -0.711. The number of hydrogen-bond donors (Lipinski definition) is 4. The summed E-state index contributed by atoms with van der Waals surface area (Å²) in [7, 11) is 1.27. The molecular weight excluding hydrogens is 258 g/mol. The number of phenolic OH excluding ortho intramolecular Hbond substituents is 1. The normalized spacial score (nSPS) is 9.39. The highest BCUT2D eigenvalue weighted by Crippen LogP contribution is 2.31. The predicted molar refractivity (Wildman–Crippen MR) is 67.4 cm³/mol. The summed E-state index contributed by atoms with van der Waals surface area (Å²) in [5.41, 5.74) is 9.48. The number of benzene rings is 1. The number of hydrazine groups is 1. The highest BCUT2D eigenvalue weighted by Gasteiger charge is 2.20. The molecule has 0 spiro atoms. The molecule has 0 unspecified atom stereocenters.